The third-order valence-electron chi connectivity index (χ3n) is 5.23. The Balaban J connectivity index is 2.64. The molecule has 0 radical (unpaired) electrons. The zero-order valence-electron chi connectivity index (χ0n) is 17.4. The molecule has 0 aromatic heterocycles. The molecule has 26 heavy (non-hydrogen) atoms. The molecule has 0 fully saturated rings. The maximum Gasteiger partial charge on any atom is 0.314 e. The van der Waals surface area contributed by atoms with Crippen LogP contribution in [0.3, 0.4) is 0 Å². The maximum atomic E-state index is 12.3. The molecule has 1 aliphatic carbocycles. The van der Waals surface area contributed by atoms with Crippen molar-refractivity contribution in [2.45, 2.75) is 40.5 Å². The molecule has 1 aliphatic rings. The Kier molecular flexibility index (Phi) is 9.70. The first-order chi connectivity index (χ1) is 12.2. The molecule has 0 spiro atoms. The SMILES string of the molecule is CCNC(=O)NC[C@@H]1C=C(C)[C@H](CC(=O)NCCN(C)C)C[C@H]1C(C)C. The van der Waals surface area contributed by atoms with Gasteiger partial charge < -0.3 is 20.9 Å². The Bertz CT molecular complexity index is 488. The average Bonchev–Trinajstić information content (AvgIpc) is 2.54. The van der Waals surface area contributed by atoms with Gasteiger partial charge in [0.25, 0.3) is 0 Å². The highest BCUT2D eigenvalue weighted by molar-refractivity contribution is 5.76. The lowest BCUT2D eigenvalue weighted by molar-refractivity contribution is -0.122. The van der Waals surface area contributed by atoms with E-state index >= 15 is 0 Å². The number of nitrogens with one attached hydrogen (secondary N) is 3. The minimum Gasteiger partial charge on any atom is -0.355 e. The molecular formula is C20H38N4O2. The van der Waals surface area contributed by atoms with Crippen LogP contribution in [0.15, 0.2) is 11.6 Å². The van der Waals surface area contributed by atoms with Gasteiger partial charge in [-0.3, -0.25) is 4.79 Å². The summed E-state index contributed by atoms with van der Waals surface area (Å²) in [6, 6.07) is -0.108. The standard InChI is InChI=1S/C20H38N4O2/c1-7-21-20(26)23-13-17-10-15(4)16(11-18(17)14(2)3)12-19(25)22-8-9-24(5)6/h10,14,16-18H,7-9,11-13H2,1-6H3,(H,22,25)(H2,21,23,26)/t16-,17-,18-/m0/s1. The van der Waals surface area contributed by atoms with Gasteiger partial charge in [-0.15, -0.1) is 0 Å². The van der Waals surface area contributed by atoms with E-state index in [9.17, 15) is 9.59 Å². The number of likely N-dealkylation sites (N-methyl/N-ethyl adjacent to an activating group) is 1. The molecule has 6 nitrogen and oxygen atoms in total. The number of nitrogens with zero attached hydrogens (tertiary/aromatic N) is 1. The normalized spacial score (nSPS) is 22.9. The van der Waals surface area contributed by atoms with Crippen molar-refractivity contribution in [3.8, 4) is 0 Å². The first-order valence-corrected chi connectivity index (χ1v) is 9.86. The molecular weight excluding hydrogens is 328 g/mol. The van der Waals surface area contributed by atoms with Crippen LogP contribution < -0.4 is 16.0 Å². The van der Waals surface area contributed by atoms with Crippen molar-refractivity contribution in [3.63, 3.8) is 0 Å². The monoisotopic (exact) mass is 366 g/mol. The van der Waals surface area contributed by atoms with Crippen LogP contribution in [0.4, 0.5) is 4.79 Å². The quantitative estimate of drug-likeness (QED) is 0.548. The van der Waals surface area contributed by atoms with Crippen molar-refractivity contribution in [3.05, 3.63) is 11.6 Å². The fraction of sp³-hybridized carbons (Fsp3) is 0.800. The molecule has 0 saturated carbocycles. The molecule has 6 heteroatoms. The highest BCUT2D eigenvalue weighted by Crippen LogP contribution is 2.38. The van der Waals surface area contributed by atoms with Gasteiger partial charge in [-0.05, 0) is 58.0 Å². The lowest BCUT2D eigenvalue weighted by atomic mass is 9.70. The Morgan fingerprint density at radius 3 is 2.50 bits per heavy atom. The number of carbonyl (C=O) groups excluding carboxylic acids is 2. The van der Waals surface area contributed by atoms with Crippen LogP contribution in [0.2, 0.25) is 0 Å². The van der Waals surface area contributed by atoms with E-state index in [4.69, 9.17) is 0 Å². The highest BCUT2D eigenvalue weighted by Gasteiger charge is 2.32. The Morgan fingerprint density at radius 2 is 1.92 bits per heavy atom. The smallest absolute Gasteiger partial charge is 0.314 e. The molecule has 0 heterocycles. The van der Waals surface area contributed by atoms with Gasteiger partial charge in [0.2, 0.25) is 5.91 Å². The summed E-state index contributed by atoms with van der Waals surface area (Å²) in [7, 11) is 4.00. The first kappa shape index (κ1) is 22.5. The lowest BCUT2D eigenvalue weighted by Gasteiger charge is -2.37. The van der Waals surface area contributed by atoms with Gasteiger partial charge in [-0.25, -0.2) is 4.79 Å². The second kappa shape index (κ2) is 11.2. The summed E-state index contributed by atoms with van der Waals surface area (Å²) in [6.45, 7) is 11.3. The van der Waals surface area contributed by atoms with Gasteiger partial charge >= 0.3 is 6.03 Å². The predicted molar refractivity (Wildman–Crippen MR) is 107 cm³/mol. The topological polar surface area (TPSA) is 73.5 Å². The second-order valence-corrected chi connectivity index (χ2v) is 8.01. The molecule has 0 unspecified atom stereocenters. The van der Waals surface area contributed by atoms with Gasteiger partial charge in [0, 0.05) is 32.6 Å². The number of hydrogen-bond acceptors (Lipinski definition) is 3. The number of allylic oxidation sites excluding steroid dienone is 1. The molecule has 0 saturated heterocycles. The van der Waals surface area contributed by atoms with E-state index < -0.39 is 0 Å². The minimum absolute atomic E-state index is 0.108. The number of rotatable bonds is 9. The summed E-state index contributed by atoms with van der Waals surface area (Å²) >= 11 is 0. The van der Waals surface area contributed by atoms with Crippen LogP contribution in [-0.2, 0) is 4.79 Å². The van der Waals surface area contributed by atoms with Crippen molar-refractivity contribution >= 4 is 11.9 Å². The fourth-order valence-corrected chi connectivity index (χ4v) is 3.66. The Morgan fingerprint density at radius 1 is 1.23 bits per heavy atom. The molecule has 1 rings (SSSR count). The van der Waals surface area contributed by atoms with Gasteiger partial charge in [0.05, 0.1) is 0 Å². The maximum absolute atomic E-state index is 12.3. The Labute approximate surface area is 159 Å². The van der Waals surface area contributed by atoms with Crippen LogP contribution in [-0.4, -0.2) is 57.1 Å². The van der Waals surface area contributed by atoms with Crippen molar-refractivity contribution in [2.75, 3.05) is 40.3 Å². The third kappa shape index (κ3) is 7.77. The van der Waals surface area contributed by atoms with Crippen molar-refractivity contribution in [1.29, 1.82) is 0 Å². The summed E-state index contributed by atoms with van der Waals surface area (Å²) in [5.41, 5.74) is 1.27. The van der Waals surface area contributed by atoms with Crippen LogP contribution in [0.1, 0.15) is 40.5 Å². The van der Waals surface area contributed by atoms with Gasteiger partial charge in [0.15, 0.2) is 0 Å². The zero-order valence-corrected chi connectivity index (χ0v) is 17.4. The summed E-state index contributed by atoms with van der Waals surface area (Å²) in [6.07, 6.45) is 3.83. The summed E-state index contributed by atoms with van der Waals surface area (Å²) in [5, 5.41) is 8.77. The molecule has 0 aromatic rings. The van der Waals surface area contributed by atoms with Crippen LogP contribution in [0.5, 0.6) is 0 Å². The van der Waals surface area contributed by atoms with Crippen molar-refractivity contribution < 1.29 is 9.59 Å². The van der Waals surface area contributed by atoms with Crippen LogP contribution in [0.25, 0.3) is 0 Å². The van der Waals surface area contributed by atoms with Gasteiger partial charge in [0.1, 0.15) is 0 Å². The van der Waals surface area contributed by atoms with Crippen LogP contribution in [0, 0.1) is 23.7 Å². The van der Waals surface area contributed by atoms with E-state index in [1.54, 1.807) is 0 Å². The zero-order chi connectivity index (χ0) is 19.7. The lowest BCUT2D eigenvalue weighted by Crippen LogP contribution is -2.41. The molecule has 150 valence electrons. The van der Waals surface area contributed by atoms with E-state index in [1.165, 1.54) is 5.57 Å². The second-order valence-electron chi connectivity index (χ2n) is 8.01. The van der Waals surface area contributed by atoms with Crippen LogP contribution >= 0.6 is 0 Å². The Hall–Kier alpha value is -1.56. The van der Waals surface area contributed by atoms with E-state index in [0.29, 0.717) is 49.7 Å². The van der Waals surface area contributed by atoms with Gasteiger partial charge in [-0.2, -0.15) is 0 Å². The summed E-state index contributed by atoms with van der Waals surface area (Å²) < 4.78 is 0. The summed E-state index contributed by atoms with van der Waals surface area (Å²) in [5.74, 6) is 1.74. The van der Waals surface area contributed by atoms with E-state index in [2.05, 4.69) is 47.7 Å². The fourth-order valence-electron chi connectivity index (χ4n) is 3.66. The van der Waals surface area contributed by atoms with Crippen molar-refractivity contribution in [2.24, 2.45) is 23.7 Å². The van der Waals surface area contributed by atoms with E-state index in [-0.39, 0.29) is 11.9 Å². The minimum atomic E-state index is -0.108. The number of hydrogen-bond donors (Lipinski definition) is 3. The van der Waals surface area contributed by atoms with Crippen molar-refractivity contribution in [1.82, 2.24) is 20.9 Å². The van der Waals surface area contributed by atoms with E-state index in [0.717, 1.165) is 13.0 Å². The molecule has 0 aromatic carbocycles. The van der Waals surface area contributed by atoms with E-state index in [1.807, 2.05) is 21.0 Å². The predicted octanol–water partition coefficient (Wildman–Crippen LogP) is 2.23. The molecule has 3 amide bonds. The molecule has 0 bridgehead atoms. The molecule has 3 N–H and O–H groups in total. The molecule has 0 aliphatic heterocycles. The van der Waals surface area contributed by atoms with Gasteiger partial charge in [-0.1, -0.05) is 25.5 Å². The summed E-state index contributed by atoms with van der Waals surface area (Å²) in [4.78, 5) is 26.0. The molecule has 3 atom stereocenters. The first-order valence-electron chi connectivity index (χ1n) is 9.86. The largest absolute Gasteiger partial charge is 0.355 e. The number of amides is 3. The average molecular weight is 367 g/mol. The highest BCUT2D eigenvalue weighted by atomic mass is 16.2. The number of urea groups is 1. The number of carbonyl (C=O) groups is 2. The third-order valence-corrected chi connectivity index (χ3v) is 5.23.